The molecule has 138 valence electrons. The Kier molecular flexibility index (Phi) is 3.73. The summed E-state index contributed by atoms with van der Waals surface area (Å²) in [7, 11) is 0. The normalized spacial score (nSPS) is 24.8. The lowest BCUT2D eigenvalue weighted by Gasteiger charge is -2.30. The van der Waals surface area contributed by atoms with Crippen molar-refractivity contribution in [2.24, 2.45) is 5.92 Å². The number of aryl methyl sites for hydroxylation is 2. The SMILES string of the molecule is Cc1cc(C)n2nc3c(c2n1)C(C1CNNC1c1ccccc1)CC(=O)N3. The van der Waals surface area contributed by atoms with Crippen LogP contribution in [-0.4, -0.2) is 27.0 Å². The molecule has 7 heteroatoms. The van der Waals surface area contributed by atoms with Gasteiger partial charge in [0.25, 0.3) is 0 Å². The van der Waals surface area contributed by atoms with Crippen molar-refractivity contribution in [2.75, 3.05) is 11.9 Å². The van der Waals surface area contributed by atoms with Gasteiger partial charge in [-0.25, -0.2) is 14.9 Å². The number of anilines is 1. The second-order valence-corrected chi connectivity index (χ2v) is 7.47. The Bertz CT molecular complexity index is 1030. The van der Waals surface area contributed by atoms with Crippen LogP contribution in [0.5, 0.6) is 0 Å². The summed E-state index contributed by atoms with van der Waals surface area (Å²) in [6.45, 7) is 4.80. The van der Waals surface area contributed by atoms with Crippen LogP contribution >= 0.6 is 0 Å². The highest BCUT2D eigenvalue weighted by atomic mass is 16.1. The highest BCUT2D eigenvalue weighted by Crippen LogP contribution is 2.44. The molecule has 4 heterocycles. The first-order valence-electron chi connectivity index (χ1n) is 9.32. The molecule has 5 rings (SSSR count). The minimum atomic E-state index is 0.0176. The van der Waals surface area contributed by atoms with Crippen molar-refractivity contribution in [2.45, 2.75) is 32.2 Å². The molecule has 3 aromatic rings. The molecule has 0 spiro atoms. The third-order valence-corrected chi connectivity index (χ3v) is 5.66. The number of fused-ring (bicyclic) bond motifs is 3. The van der Waals surface area contributed by atoms with E-state index in [9.17, 15) is 4.79 Å². The average Bonchev–Trinajstić information content (AvgIpc) is 3.27. The quantitative estimate of drug-likeness (QED) is 0.651. The summed E-state index contributed by atoms with van der Waals surface area (Å²) in [5.74, 6) is 0.945. The highest BCUT2D eigenvalue weighted by molar-refractivity contribution is 5.95. The van der Waals surface area contributed by atoms with Crippen LogP contribution in [0.25, 0.3) is 5.65 Å². The topological polar surface area (TPSA) is 83.3 Å². The van der Waals surface area contributed by atoms with Gasteiger partial charge in [0.15, 0.2) is 11.5 Å². The molecular formula is C20H22N6O. The van der Waals surface area contributed by atoms with Crippen LogP contribution in [0.4, 0.5) is 5.82 Å². The molecule has 27 heavy (non-hydrogen) atoms. The van der Waals surface area contributed by atoms with E-state index in [1.807, 2.05) is 30.5 Å². The number of hydrogen-bond acceptors (Lipinski definition) is 5. The van der Waals surface area contributed by atoms with Crippen LogP contribution in [0.3, 0.4) is 0 Å². The number of benzene rings is 1. The molecule has 0 saturated carbocycles. The molecule has 2 aromatic heterocycles. The van der Waals surface area contributed by atoms with Gasteiger partial charge in [0.2, 0.25) is 5.91 Å². The van der Waals surface area contributed by atoms with E-state index in [0.717, 1.165) is 29.1 Å². The fourth-order valence-electron chi connectivity index (χ4n) is 4.50. The first-order chi connectivity index (χ1) is 13.1. The first-order valence-corrected chi connectivity index (χ1v) is 9.32. The van der Waals surface area contributed by atoms with Crippen molar-refractivity contribution in [3.8, 4) is 0 Å². The number of carbonyl (C=O) groups excluding carboxylic acids is 1. The Morgan fingerprint density at radius 1 is 1.19 bits per heavy atom. The van der Waals surface area contributed by atoms with E-state index in [1.54, 1.807) is 0 Å². The van der Waals surface area contributed by atoms with Gasteiger partial charge in [0, 0.05) is 41.8 Å². The largest absolute Gasteiger partial charge is 0.309 e. The van der Waals surface area contributed by atoms with Crippen LogP contribution in [0.15, 0.2) is 36.4 Å². The zero-order valence-corrected chi connectivity index (χ0v) is 15.4. The van der Waals surface area contributed by atoms with Crippen LogP contribution in [0.1, 0.15) is 40.9 Å². The summed E-state index contributed by atoms with van der Waals surface area (Å²) in [6.07, 6.45) is 0.445. The van der Waals surface area contributed by atoms with E-state index in [4.69, 9.17) is 4.98 Å². The van der Waals surface area contributed by atoms with Gasteiger partial charge in [-0.1, -0.05) is 30.3 Å². The Labute approximate surface area is 157 Å². The Hall–Kier alpha value is -2.77. The zero-order valence-electron chi connectivity index (χ0n) is 15.4. The summed E-state index contributed by atoms with van der Waals surface area (Å²) in [4.78, 5) is 17.2. The Balaban J connectivity index is 1.65. The van der Waals surface area contributed by atoms with E-state index in [1.165, 1.54) is 5.56 Å². The van der Waals surface area contributed by atoms with E-state index >= 15 is 0 Å². The van der Waals surface area contributed by atoms with E-state index in [-0.39, 0.29) is 23.8 Å². The van der Waals surface area contributed by atoms with Crippen LogP contribution in [-0.2, 0) is 4.79 Å². The predicted octanol–water partition coefficient (Wildman–Crippen LogP) is 2.24. The second-order valence-electron chi connectivity index (χ2n) is 7.47. The summed E-state index contributed by atoms with van der Waals surface area (Å²) in [5, 5.41) is 7.60. The van der Waals surface area contributed by atoms with Gasteiger partial charge in [-0.15, -0.1) is 5.10 Å². The zero-order chi connectivity index (χ0) is 18.5. The fourth-order valence-corrected chi connectivity index (χ4v) is 4.50. The minimum absolute atomic E-state index is 0.0176. The number of hydrogen-bond donors (Lipinski definition) is 3. The summed E-state index contributed by atoms with van der Waals surface area (Å²) in [6, 6.07) is 12.5. The number of hydrazine groups is 1. The molecule has 2 aliphatic heterocycles. The average molecular weight is 362 g/mol. The summed E-state index contributed by atoms with van der Waals surface area (Å²) < 4.78 is 1.85. The van der Waals surface area contributed by atoms with Crippen molar-refractivity contribution in [1.29, 1.82) is 0 Å². The smallest absolute Gasteiger partial charge is 0.226 e. The summed E-state index contributed by atoms with van der Waals surface area (Å²) in [5.41, 5.74) is 11.8. The van der Waals surface area contributed by atoms with Gasteiger partial charge in [0.05, 0.1) is 6.04 Å². The molecule has 0 aliphatic carbocycles. The molecule has 0 bridgehead atoms. The molecule has 0 radical (unpaired) electrons. The van der Waals surface area contributed by atoms with Crippen molar-refractivity contribution in [3.63, 3.8) is 0 Å². The van der Waals surface area contributed by atoms with Gasteiger partial charge in [-0.05, 0) is 25.5 Å². The Morgan fingerprint density at radius 3 is 2.81 bits per heavy atom. The second kappa shape index (κ2) is 6.14. The van der Waals surface area contributed by atoms with E-state index < -0.39 is 0 Å². The first kappa shape index (κ1) is 16.4. The van der Waals surface area contributed by atoms with Crippen molar-refractivity contribution >= 4 is 17.4 Å². The van der Waals surface area contributed by atoms with Gasteiger partial charge in [0.1, 0.15) is 0 Å². The number of amides is 1. The standard InChI is InChI=1S/C20H22N6O/c1-11-8-12(2)26-20(22-11)17-14(9-16(27)23-19(17)25-26)15-10-21-24-18(15)13-6-4-3-5-7-13/h3-8,14-15,18,21,24H,9-10H2,1-2H3,(H,23,25,27). The Morgan fingerprint density at radius 2 is 2.00 bits per heavy atom. The third-order valence-electron chi connectivity index (χ3n) is 5.66. The molecule has 1 fully saturated rings. The number of carbonyl (C=O) groups is 1. The lowest BCUT2D eigenvalue weighted by atomic mass is 9.77. The molecule has 3 unspecified atom stereocenters. The summed E-state index contributed by atoms with van der Waals surface area (Å²) >= 11 is 0. The maximum atomic E-state index is 12.4. The molecule has 7 nitrogen and oxygen atoms in total. The van der Waals surface area contributed by atoms with Crippen LogP contribution < -0.4 is 16.2 Å². The van der Waals surface area contributed by atoms with Crippen molar-refractivity contribution in [1.82, 2.24) is 25.4 Å². The monoisotopic (exact) mass is 362 g/mol. The lowest BCUT2D eigenvalue weighted by Crippen LogP contribution is -2.30. The fraction of sp³-hybridized carbons (Fsp3) is 0.350. The predicted molar refractivity (Wildman–Crippen MR) is 102 cm³/mol. The molecule has 3 N–H and O–H groups in total. The molecule has 3 atom stereocenters. The van der Waals surface area contributed by atoms with E-state index in [2.05, 4.69) is 45.5 Å². The van der Waals surface area contributed by atoms with Crippen LogP contribution in [0.2, 0.25) is 0 Å². The minimum Gasteiger partial charge on any atom is -0.309 e. The molecule has 1 saturated heterocycles. The van der Waals surface area contributed by atoms with Crippen molar-refractivity contribution < 1.29 is 4.79 Å². The van der Waals surface area contributed by atoms with Gasteiger partial charge in [-0.2, -0.15) is 0 Å². The maximum absolute atomic E-state index is 12.4. The molecule has 1 amide bonds. The number of nitrogens with one attached hydrogen (secondary N) is 3. The van der Waals surface area contributed by atoms with Gasteiger partial charge in [-0.3, -0.25) is 10.2 Å². The molecule has 1 aromatic carbocycles. The van der Waals surface area contributed by atoms with Gasteiger partial charge >= 0.3 is 0 Å². The van der Waals surface area contributed by atoms with Crippen LogP contribution in [0, 0.1) is 19.8 Å². The van der Waals surface area contributed by atoms with Crippen molar-refractivity contribution in [3.05, 3.63) is 58.9 Å². The third kappa shape index (κ3) is 2.62. The number of nitrogens with zero attached hydrogens (tertiary/aromatic N) is 3. The molecular weight excluding hydrogens is 340 g/mol. The molecule has 2 aliphatic rings. The lowest BCUT2D eigenvalue weighted by molar-refractivity contribution is -0.117. The van der Waals surface area contributed by atoms with E-state index in [0.29, 0.717) is 12.2 Å². The number of aromatic nitrogens is 3. The highest BCUT2D eigenvalue weighted by Gasteiger charge is 2.42. The number of rotatable bonds is 2. The van der Waals surface area contributed by atoms with Gasteiger partial charge < -0.3 is 5.32 Å². The maximum Gasteiger partial charge on any atom is 0.226 e.